The number of rotatable bonds is 3. The van der Waals surface area contributed by atoms with Crippen LogP contribution >= 0.6 is 11.6 Å². The smallest absolute Gasteiger partial charge is 0.129 e. The van der Waals surface area contributed by atoms with Gasteiger partial charge in [-0.05, 0) is 49.6 Å². The molecule has 0 unspecified atom stereocenters. The van der Waals surface area contributed by atoms with Crippen LogP contribution in [0.2, 0.25) is 5.02 Å². The number of aryl methyl sites for hydroxylation is 2. The molecule has 0 radical (unpaired) electrons. The Morgan fingerprint density at radius 2 is 2.00 bits per heavy atom. The number of nitrogens with zero attached hydrogens (tertiary/aromatic N) is 1. The number of anilines is 1. The van der Waals surface area contributed by atoms with Gasteiger partial charge in [0.15, 0.2) is 0 Å². The molecule has 17 heavy (non-hydrogen) atoms. The van der Waals surface area contributed by atoms with Gasteiger partial charge in [-0.15, -0.1) is 0 Å². The lowest BCUT2D eigenvalue weighted by Gasteiger charge is -2.10. The van der Waals surface area contributed by atoms with Crippen molar-refractivity contribution in [2.75, 3.05) is 11.9 Å². The van der Waals surface area contributed by atoms with Crippen molar-refractivity contribution in [3.8, 4) is 0 Å². The van der Waals surface area contributed by atoms with E-state index in [1.54, 1.807) is 0 Å². The van der Waals surface area contributed by atoms with Crippen LogP contribution in [-0.4, -0.2) is 11.5 Å². The summed E-state index contributed by atoms with van der Waals surface area (Å²) in [6, 6.07) is 6.21. The number of hydrogen-bond donors (Lipinski definition) is 1. The highest BCUT2D eigenvalue weighted by Crippen LogP contribution is 2.27. The van der Waals surface area contributed by atoms with Gasteiger partial charge in [0.25, 0.3) is 0 Å². The van der Waals surface area contributed by atoms with E-state index in [0.717, 1.165) is 45.8 Å². The second kappa shape index (κ2) is 4.92. The third kappa shape index (κ3) is 2.52. The molecule has 0 atom stereocenters. The molecule has 90 valence electrons. The predicted octanol–water partition coefficient (Wildman–Crippen LogP) is 4.33. The zero-order valence-corrected chi connectivity index (χ0v) is 11.2. The van der Waals surface area contributed by atoms with Gasteiger partial charge in [-0.3, -0.25) is 0 Å². The van der Waals surface area contributed by atoms with Gasteiger partial charge < -0.3 is 5.32 Å². The van der Waals surface area contributed by atoms with E-state index in [1.165, 1.54) is 0 Å². The van der Waals surface area contributed by atoms with E-state index in [-0.39, 0.29) is 0 Å². The Bertz CT molecular complexity index is 549. The highest BCUT2D eigenvalue weighted by molar-refractivity contribution is 6.35. The van der Waals surface area contributed by atoms with Gasteiger partial charge in [-0.2, -0.15) is 0 Å². The minimum absolute atomic E-state index is 0.722. The monoisotopic (exact) mass is 248 g/mol. The first-order valence-corrected chi connectivity index (χ1v) is 6.31. The van der Waals surface area contributed by atoms with Crippen molar-refractivity contribution in [2.24, 2.45) is 0 Å². The van der Waals surface area contributed by atoms with E-state index in [0.29, 0.717) is 0 Å². The summed E-state index contributed by atoms with van der Waals surface area (Å²) in [5.74, 6) is 0.935. The van der Waals surface area contributed by atoms with Crippen molar-refractivity contribution < 1.29 is 0 Å². The van der Waals surface area contributed by atoms with Crippen molar-refractivity contribution in [3.63, 3.8) is 0 Å². The van der Waals surface area contributed by atoms with Gasteiger partial charge in [0, 0.05) is 11.9 Å². The number of aromatic nitrogens is 1. The van der Waals surface area contributed by atoms with E-state index in [4.69, 9.17) is 11.6 Å². The first kappa shape index (κ1) is 12.2. The van der Waals surface area contributed by atoms with E-state index >= 15 is 0 Å². The molecule has 1 aromatic carbocycles. The first-order chi connectivity index (χ1) is 8.11. The molecule has 0 fully saturated rings. The second-order valence-corrected chi connectivity index (χ2v) is 4.81. The Labute approximate surface area is 107 Å². The maximum atomic E-state index is 6.23. The highest BCUT2D eigenvalue weighted by Gasteiger charge is 2.06. The lowest BCUT2D eigenvalue weighted by Crippen LogP contribution is -2.04. The van der Waals surface area contributed by atoms with Crippen LogP contribution in [0.4, 0.5) is 5.82 Å². The summed E-state index contributed by atoms with van der Waals surface area (Å²) in [5, 5.41) is 5.15. The normalized spacial score (nSPS) is 10.8. The summed E-state index contributed by atoms with van der Waals surface area (Å²) in [6.45, 7) is 7.19. The SMILES string of the molecule is CCCNc1nc2c(Cl)cc(C)cc2cc1C. The fourth-order valence-electron chi connectivity index (χ4n) is 1.91. The number of nitrogens with one attached hydrogen (secondary N) is 1. The third-order valence-electron chi connectivity index (χ3n) is 2.75. The minimum atomic E-state index is 0.722. The molecule has 0 aliphatic carbocycles. The van der Waals surface area contributed by atoms with Crippen molar-refractivity contribution in [3.05, 3.63) is 34.3 Å². The van der Waals surface area contributed by atoms with Gasteiger partial charge >= 0.3 is 0 Å². The molecule has 0 amide bonds. The first-order valence-electron chi connectivity index (χ1n) is 5.93. The number of fused-ring (bicyclic) bond motifs is 1. The van der Waals surface area contributed by atoms with Gasteiger partial charge in [0.2, 0.25) is 0 Å². The van der Waals surface area contributed by atoms with Gasteiger partial charge in [-0.1, -0.05) is 18.5 Å². The maximum absolute atomic E-state index is 6.23. The quantitative estimate of drug-likeness (QED) is 0.875. The van der Waals surface area contributed by atoms with Crippen molar-refractivity contribution >= 4 is 28.3 Å². The summed E-state index contributed by atoms with van der Waals surface area (Å²) in [6.07, 6.45) is 1.08. The largest absolute Gasteiger partial charge is 0.370 e. The van der Waals surface area contributed by atoms with E-state index < -0.39 is 0 Å². The third-order valence-corrected chi connectivity index (χ3v) is 3.04. The molecular formula is C14H17ClN2. The van der Waals surface area contributed by atoms with Crippen LogP contribution in [0.25, 0.3) is 10.9 Å². The molecule has 0 aliphatic heterocycles. The Morgan fingerprint density at radius 3 is 2.71 bits per heavy atom. The lowest BCUT2D eigenvalue weighted by atomic mass is 10.1. The van der Waals surface area contributed by atoms with Crippen LogP contribution in [0.1, 0.15) is 24.5 Å². The molecule has 1 N–H and O–H groups in total. The minimum Gasteiger partial charge on any atom is -0.370 e. The number of halogens is 1. The van der Waals surface area contributed by atoms with E-state index in [2.05, 4.69) is 36.3 Å². The topological polar surface area (TPSA) is 24.9 Å². The number of hydrogen-bond acceptors (Lipinski definition) is 2. The van der Waals surface area contributed by atoms with Crippen molar-refractivity contribution in [2.45, 2.75) is 27.2 Å². The van der Waals surface area contributed by atoms with Crippen molar-refractivity contribution in [1.29, 1.82) is 0 Å². The zero-order valence-electron chi connectivity index (χ0n) is 10.5. The van der Waals surface area contributed by atoms with Gasteiger partial charge in [-0.25, -0.2) is 4.98 Å². The average molecular weight is 249 g/mol. The van der Waals surface area contributed by atoms with E-state index in [1.807, 2.05) is 13.0 Å². The highest BCUT2D eigenvalue weighted by atomic mass is 35.5. The Hall–Kier alpha value is -1.28. The molecule has 2 rings (SSSR count). The summed E-state index contributed by atoms with van der Waals surface area (Å²) in [7, 11) is 0. The molecule has 0 bridgehead atoms. The van der Waals surface area contributed by atoms with Crippen LogP contribution in [0.5, 0.6) is 0 Å². The van der Waals surface area contributed by atoms with Crippen LogP contribution in [0, 0.1) is 13.8 Å². The molecule has 0 aliphatic rings. The van der Waals surface area contributed by atoms with Gasteiger partial charge in [0.05, 0.1) is 10.5 Å². The van der Waals surface area contributed by atoms with Gasteiger partial charge in [0.1, 0.15) is 5.82 Å². The Balaban J connectivity index is 2.55. The zero-order chi connectivity index (χ0) is 12.4. The molecule has 1 aromatic heterocycles. The van der Waals surface area contributed by atoms with Crippen LogP contribution < -0.4 is 5.32 Å². The summed E-state index contributed by atoms with van der Waals surface area (Å²) >= 11 is 6.23. The summed E-state index contributed by atoms with van der Waals surface area (Å²) < 4.78 is 0. The Morgan fingerprint density at radius 1 is 1.24 bits per heavy atom. The Kier molecular flexibility index (Phi) is 3.53. The molecule has 2 nitrogen and oxygen atoms in total. The lowest BCUT2D eigenvalue weighted by molar-refractivity contribution is 0.968. The van der Waals surface area contributed by atoms with Crippen LogP contribution in [0.15, 0.2) is 18.2 Å². The molecule has 3 heteroatoms. The molecule has 1 heterocycles. The summed E-state index contributed by atoms with van der Waals surface area (Å²) in [4.78, 5) is 4.61. The number of benzene rings is 1. The summed E-state index contributed by atoms with van der Waals surface area (Å²) in [5.41, 5.74) is 3.20. The average Bonchev–Trinajstić information content (AvgIpc) is 2.26. The molecular weight excluding hydrogens is 232 g/mol. The van der Waals surface area contributed by atoms with Crippen molar-refractivity contribution in [1.82, 2.24) is 4.98 Å². The number of pyridine rings is 1. The molecule has 2 aromatic rings. The second-order valence-electron chi connectivity index (χ2n) is 4.40. The molecule has 0 spiro atoms. The van der Waals surface area contributed by atoms with Crippen LogP contribution in [0.3, 0.4) is 0 Å². The fraction of sp³-hybridized carbons (Fsp3) is 0.357. The predicted molar refractivity (Wildman–Crippen MR) is 75.0 cm³/mol. The fourth-order valence-corrected chi connectivity index (χ4v) is 2.24. The standard InChI is InChI=1S/C14H17ClN2/c1-4-5-16-14-10(3)8-11-6-9(2)7-12(15)13(11)17-14/h6-8H,4-5H2,1-3H3,(H,16,17). The van der Waals surface area contributed by atoms with Crippen LogP contribution in [-0.2, 0) is 0 Å². The molecule has 0 saturated heterocycles. The van der Waals surface area contributed by atoms with E-state index in [9.17, 15) is 0 Å². The molecule has 0 saturated carbocycles. The maximum Gasteiger partial charge on any atom is 0.129 e.